The van der Waals surface area contributed by atoms with Crippen LogP contribution in [0.3, 0.4) is 0 Å². The van der Waals surface area contributed by atoms with Gasteiger partial charge in [0.25, 0.3) is 0 Å². The number of amides is 1. The van der Waals surface area contributed by atoms with Crippen molar-refractivity contribution in [1.29, 1.82) is 0 Å². The van der Waals surface area contributed by atoms with Crippen molar-refractivity contribution in [2.24, 2.45) is 0 Å². The highest BCUT2D eigenvalue weighted by molar-refractivity contribution is 9.10. The average molecular weight is 364 g/mol. The lowest BCUT2D eigenvalue weighted by Crippen LogP contribution is -2.25. The number of halogens is 2. The summed E-state index contributed by atoms with van der Waals surface area (Å²) in [7, 11) is 0. The Hall–Kier alpha value is -0.590. The second kappa shape index (κ2) is 5.81. The summed E-state index contributed by atoms with van der Waals surface area (Å²) >= 11 is 10.7. The summed E-state index contributed by atoms with van der Waals surface area (Å²) in [6, 6.07) is 1.80. The van der Waals surface area contributed by atoms with Gasteiger partial charge in [-0.15, -0.1) is 0 Å². The molecular formula is C12H12BrClN2O2S. The maximum Gasteiger partial charge on any atom is 0.228 e. The third kappa shape index (κ3) is 3.30. The molecule has 1 fully saturated rings. The Morgan fingerprint density at radius 1 is 1.63 bits per heavy atom. The second-order valence-corrected chi connectivity index (χ2v) is 7.00. The molecule has 19 heavy (non-hydrogen) atoms. The Labute approximate surface area is 129 Å². The van der Waals surface area contributed by atoms with E-state index >= 15 is 0 Å². The maximum atomic E-state index is 12.0. The highest BCUT2D eigenvalue weighted by Gasteiger charge is 2.33. The minimum Gasteiger partial charge on any atom is -0.308 e. The zero-order valence-corrected chi connectivity index (χ0v) is 13.6. The van der Waals surface area contributed by atoms with E-state index in [1.165, 1.54) is 18.7 Å². The van der Waals surface area contributed by atoms with E-state index in [2.05, 4.69) is 20.9 Å². The largest absolute Gasteiger partial charge is 0.308 e. The minimum absolute atomic E-state index is 0.0128. The normalized spacial score (nSPS) is 19.1. The van der Waals surface area contributed by atoms with E-state index in [9.17, 15) is 9.59 Å². The molecule has 1 saturated heterocycles. The van der Waals surface area contributed by atoms with Crippen LogP contribution in [-0.4, -0.2) is 27.8 Å². The number of aryl methyl sites for hydroxylation is 1. The molecule has 1 unspecified atom stereocenters. The van der Waals surface area contributed by atoms with Gasteiger partial charge in [-0.2, -0.15) is 0 Å². The first-order chi connectivity index (χ1) is 8.88. The van der Waals surface area contributed by atoms with Gasteiger partial charge in [0, 0.05) is 29.6 Å². The van der Waals surface area contributed by atoms with E-state index in [1.54, 1.807) is 11.0 Å². The molecule has 1 aromatic rings. The molecule has 0 aliphatic carbocycles. The molecule has 0 spiro atoms. The van der Waals surface area contributed by atoms with Crippen LogP contribution in [0.4, 0.5) is 5.69 Å². The van der Waals surface area contributed by atoms with Crippen molar-refractivity contribution in [3.05, 3.63) is 21.4 Å². The number of anilines is 1. The molecule has 0 saturated carbocycles. The fourth-order valence-corrected chi connectivity index (χ4v) is 3.46. The van der Waals surface area contributed by atoms with E-state index in [4.69, 9.17) is 11.6 Å². The van der Waals surface area contributed by atoms with Crippen molar-refractivity contribution < 1.29 is 9.59 Å². The predicted octanol–water partition coefficient (Wildman–Crippen LogP) is 3.19. The molecule has 1 aromatic heterocycles. The smallest absolute Gasteiger partial charge is 0.228 e. The predicted molar refractivity (Wildman–Crippen MR) is 80.7 cm³/mol. The van der Waals surface area contributed by atoms with Gasteiger partial charge < -0.3 is 4.90 Å². The highest BCUT2D eigenvalue weighted by atomic mass is 79.9. The van der Waals surface area contributed by atoms with Crippen molar-refractivity contribution in [3.8, 4) is 0 Å². The lowest BCUT2D eigenvalue weighted by molar-refractivity contribution is -0.117. The summed E-state index contributed by atoms with van der Waals surface area (Å²) in [6.07, 6.45) is 0.353. The van der Waals surface area contributed by atoms with E-state index in [0.29, 0.717) is 23.8 Å². The minimum atomic E-state index is -0.0294. The van der Waals surface area contributed by atoms with Gasteiger partial charge in [0.15, 0.2) is 10.3 Å². The molecule has 0 bridgehead atoms. The number of hydrogen-bond acceptors (Lipinski definition) is 4. The van der Waals surface area contributed by atoms with Crippen molar-refractivity contribution in [3.63, 3.8) is 0 Å². The number of carbonyl (C=O) groups excluding carboxylic acids is 2. The van der Waals surface area contributed by atoms with Crippen LogP contribution in [0, 0.1) is 6.92 Å². The highest BCUT2D eigenvalue weighted by Crippen LogP contribution is 2.34. The Morgan fingerprint density at radius 2 is 2.32 bits per heavy atom. The number of aromatic nitrogens is 1. The molecule has 1 atom stereocenters. The first kappa shape index (κ1) is 14.8. The first-order valence-electron chi connectivity index (χ1n) is 5.68. The maximum absolute atomic E-state index is 12.0. The summed E-state index contributed by atoms with van der Waals surface area (Å²) < 4.78 is 0.808. The van der Waals surface area contributed by atoms with Crippen LogP contribution >= 0.6 is 39.3 Å². The van der Waals surface area contributed by atoms with Crippen LogP contribution in [0.25, 0.3) is 0 Å². The molecule has 2 heterocycles. The lowest BCUT2D eigenvalue weighted by Gasteiger charge is -2.18. The van der Waals surface area contributed by atoms with Crippen molar-refractivity contribution >= 4 is 56.0 Å². The van der Waals surface area contributed by atoms with Gasteiger partial charge in [0.05, 0.1) is 11.4 Å². The SMILES string of the molecule is CC(=O)SC1CC(=O)N(c2cc(Br)c(C)nc2Cl)C1. The van der Waals surface area contributed by atoms with Crippen LogP contribution in [0.2, 0.25) is 5.15 Å². The van der Waals surface area contributed by atoms with Crippen molar-refractivity contribution in [2.45, 2.75) is 25.5 Å². The number of hydrogen-bond donors (Lipinski definition) is 0. The Bertz CT molecular complexity index is 553. The molecule has 4 nitrogen and oxygen atoms in total. The summed E-state index contributed by atoms with van der Waals surface area (Å²) in [6.45, 7) is 3.83. The monoisotopic (exact) mass is 362 g/mol. The molecule has 0 radical (unpaired) electrons. The molecule has 1 amide bonds. The fourth-order valence-electron chi connectivity index (χ4n) is 1.95. The van der Waals surface area contributed by atoms with Gasteiger partial charge in [-0.25, -0.2) is 4.98 Å². The van der Waals surface area contributed by atoms with E-state index in [0.717, 1.165) is 10.2 Å². The van der Waals surface area contributed by atoms with Gasteiger partial charge in [-0.05, 0) is 28.9 Å². The topological polar surface area (TPSA) is 50.3 Å². The first-order valence-corrected chi connectivity index (χ1v) is 7.73. The summed E-state index contributed by atoms with van der Waals surface area (Å²) in [5, 5.41) is 0.317. The summed E-state index contributed by atoms with van der Waals surface area (Å²) in [5.74, 6) is -0.0294. The molecule has 1 aliphatic rings. The van der Waals surface area contributed by atoms with Crippen LogP contribution in [-0.2, 0) is 9.59 Å². The van der Waals surface area contributed by atoms with Crippen LogP contribution < -0.4 is 4.90 Å². The van der Waals surface area contributed by atoms with Crippen molar-refractivity contribution in [2.75, 3.05) is 11.4 Å². The van der Waals surface area contributed by atoms with Crippen molar-refractivity contribution in [1.82, 2.24) is 4.98 Å². The van der Waals surface area contributed by atoms with E-state index in [-0.39, 0.29) is 16.3 Å². The second-order valence-electron chi connectivity index (χ2n) is 4.31. The van der Waals surface area contributed by atoms with Gasteiger partial charge in [0.2, 0.25) is 5.91 Å². The Balaban J connectivity index is 2.25. The molecular weight excluding hydrogens is 352 g/mol. The zero-order chi connectivity index (χ0) is 14.2. The van der Waals surface area contributed by atoms with Crippen LogP contribution in [0.5, 0.6) is 0 Å². The Kier molecular flexibility index (Phi) is 4.53. The number of rotatable bonds is 2. The van der Waals surface area contributed by atoms with E-state index in [1.807, 2.05) is 6.92 Å². The number of thioether (sulfide) groups is 1. The van der Waals surface area contributed by atoms with Gasteiger partial charge in [-0.3, -0.25) is 9.59 Å². The Morgan fingerprint density at radius 3 is 2.95 bits per heavy atom. The summed E-state index contributed by atoms with van der Waals surface area (Å²) in [5.41, 5.74) is 1.37. The number of carbonyl (C=O) groups is 2. The fraction of sp³-hybridized carbons (Fsp3) is 0.417. The average Bonchev–Trinajstić information content (AvgIpc) is 2.63. The molecule has 0 aromatic carbocycles. The lowest BCUT2D eigenvalue weighted by atomic mass is 10.3. The third-order valence-electron chi connectivity index (χ3n) is 2.80. The molecule has 1 aliphatic heterocycles. The quantitative estimate of drug-likeness (QED) is 0.757. The number of nitrogens with zero attached hydrogens (tertiary/aromatic N) is 2. The zero-order valence-electron chi connectivity index (χ0n) is 10.4. The van der Waals surface area contributed by atoms with Crippen LogP contribution in [0.15, 0.2) is 10.5 Å². The third-order valence-corrected chi connectivity index (χ3v) is 4.86. The van der Waals surface area contributed by atoms with Crippen LogP contribution in [0.1, 0.15) is 19.0 Å². The van der Waals surface area contributed by atoms with Gasteiger partial charge in [0.1, 0.15) is 0 Å². The molecule has 102 valence electrons. The van der Waals surface area contributed by atoms with E-state index < -0.39 is 0 Å². The molecule has 2 rings (SSSR count). The molecule has 0 N–H and O–H groups in total. The standard InChI is InChI=1S/C12H12BrClN2O2S/c1-6-9(13)4-10(12(14)15-6)16-5-8(3-11(16)18)19-7(2)17/h4,8H,3,5H2,1-2H3. The summed E-state index contributed by atoms with van der Waals surface area (Å²) in [4.78, 5) is 28.9. The van der Waals surface area contributed by atoms with Gasteiger partial charge in [-0.1, -0.05) is 23.4 Å². The molecule has 7 heteroatoms. The van der Waals surface area contributed by atoms with Gasteiger partial charge >= 0.3 is 0 Å². The number of pyridine rings is 1.